The van der Waals surface area contributed by atoms with Gasteiger partial charge in [-0.05, 0) is 59.2 Å². The number of aromatic amines is 1. The summed E-state index contributed by atoms with van der Waals surface area (Å²) in [5, 5.41) is 0. The number of carbonyl (C=O) groups is 1. The van der Waals surface area contributed by atoms with E-state index in [1.807, 2.05) is 0 Å². The van der Waals surface area contributed by atoms with Crippen LogP contribution in [0, 0.1) is 23.6 Å². The number of hydrogen-bond donors (Lipinski definition) is 2. The van der Waals surface area contributed by atoms with Gasteiger partial charge < -0.3 is 9.82 Å². The highest BCUT2D eigenvalue weighted by Crippen LogP contribution is 2.45. The number of nitrogens with zero attached hydrogens (tertiary/aromatic N) is 2. The van der Waals surface area contributed by atoms with E-state index in [4.69, 9.17) is 4.84 Å². The zero-order valence-corrected chi connectivity index (χ0v) is 15.1. The number of nitrogens with one attached hydrogen (secondary N) is 2. The number of fused-ring (bicyclic) bond motifs is 3. The maximum atomic E-state index is 14.6. The first kappa shape index (κ1) is 16.5. The van der Waals surface area contributed by atoms with E-state index >= 15 is 0 Å². The largest absolute Gasteiger partial charge is 0.360 e. The van der Waals surface area contributed by atoms with E-state index in [9.17, 15) is 9.18 Å². The van der Waals surface area contributed by atoms with Crippen molar-refractivity contribution in [3.8, 4) is 11.4 Å². The molecule has 3 saturated carbocycles. The fourth-order valence-electron chi connectivity index (χ4n) is 3.98. The van der Waals surface area contributed by atoms with Crippen LogP contribution in [-0.2, 0) is 9.63 Å². The molecule has 25 heavy (non-hydrogen) atoms. The lowest BCUT2D eigenvalue weighted by molar-refractivity contribution is -0.151. The summed E-state index contributed by atoms with van der Waals surface area (Å²) in [6.07, 6.45) is 7.11. The van der Waals surface area contributed by atoms with Crippen LogP contribution in [0.25, 0.3) is 11.4 Å². The van der Waals surface area contributed by atoms with E-state index in [0.29, 0.717) is 17.5 Å². The van der Waals surface area contributed by atoms with Gasteiger partial charge in [-0.3, -0.25) is 0 Å². The molecule has 6 nitrogen and oxygen atoms in total. The summed E-state index contributed by atoms with van der Waals surface area (Å²) in [5.41, 5.74) is 3.01. The predicted octanol–water partition coefficient (Wildman–Crippen LogP) is 4.07. The minimum absolute atomic E-state index is 0.0992. The monoisotopic (exact) mass is 408 g/mol. The van der Waals surface area contributed by atoms with Crippen molar-refractivity contribution in [2.24, 2.45) is 17.8 Å². The summed E-state index contributed by atoms with van der Waals surface area (Å²) >= 11 is 3.16. The highest BCUT2D eigenvalue weighted by Gasteiger charge is 2.40. The van der Waals surface area contributed by atoms with Crippen molar-refractivity contribution in [1.82, 2.24) is 15.0 Å². The van der Waals surface area contributed by atoms with E-state index in [-0.39, 0.29) is 28.1 Å². The van der Waals surface area contributed by atoms with Crippen LogP contribution in [0.3, 0.4) is 0 Å². The molecule has 2 heterocycles. The van der Waals surface area contributed by atoms with E-state index in [0.717, 1.165) is 19.3 Å². The Kier molecular flexibility index (Phi) is 4.45. The van der Waals surface area contributed by atoms with E-state index in [2.05, 4.69) is 36.4 Å². The normalized spacial score (nSPS) is 25.0. The number of carbonyl (C=O) groups excluding carboxylic acids is 1. The van der Waals surface area contributed by atoms with Crippen molar-refractivity contribution >= 4 is 27.7 Å². The second-order valence-corrected chi connectivity index (χ2v) is 7.44. The molecule has 0 amide bonds. The fraction of sp³-hybridized carbons (Fsp3) is 0.471. The highest BCUT2D eigenvalue weighted by molar-refractivity contribution is 9.10. The van der Waals surface area contributed by atoms with Gasteiger partial charge >= 0.3 is 5.97 Å². The Bertz CT molecular complexity index is 775. The van der Waals surface area contributed by atoms with Gasteiger partial charge in [0, 0.05) is 6.20 Å². The molecule has 0 saturated heterocycles. The minimum atomic E-state index is -0.677. The predicted molar refractivity (Wildman–Crippen MR) is 92.7 cm³/mol. The molecule has 3 aliphatic rings. The van der Waals surface area contributed by atoms with Crippen molar-refractivity contribution in [2.45, 2.75) is 32.1 Å². The maximum Gasteiger partial charge on any atom is 0.335 e. The molecule has 2 bridgehead atoms. The van der Waals surface area contributed by atoms with Gasteiger partial charge in [-0.2, -0.15) is 10.5 Å². The zero-order valence-electron chi connectivity index (χ0n) is 13.5. The Morgan fingerprint density at radius 3 is 2.76 bits per heavy atom. The molecule has 0 radical (unpaired) electrons. The highest BCUT2D eigenvalue weighted by atomic mass is 79.9. The van der Waals surface area contributed by atoms with Gasteiger partial charge in [-0.15, -0.1) is 0 Å². The first-order valence-electron chi connectivity index (χ1n) is 8.45. The van der Waals surface area contributed by atoms with Gasteiger partial charge in [-0.25, -0.2) is 14.2 Å². The second-order valence-electron chi connectivity index (χ2n) is 6.73. The molecule has 132 valence electrons. The summed E-state index contributed by atoms with van der Waals surface area (Å²) in [4.78, 5) is 28.5. The first-order chi connectivity index (χ1) is 12.1. The van der Waals surface area contributed by atoms with Crippen LogP contribution in [0.4, 0.5) is 10.2 Å². The molecule has 2 aromatic heterocycles. The summed E-state index contributed by atoms with van der Waals surface area (Å²) < 4.78 is 14.8. The Hall–Kier alpha value is -1.96. The second kappa shape index (κ2) is 6.74. The Labute approximate surface area is 152 Å². The number of hydrogen-bond acceptors (Lipinski definition) is 5. The van der Waals surface area contributed by atoms with Crippen LogP contribution < -0.4 is 5.48 Å². The van der Waals surface area contributed by atoms with Gasteiger partial charge in [0.05, 0.1) is 11.6 Å². The van der Waals surface area contributed by atoms with Crippen molar-refractivity contribution in [3.63, 3.8) is 0 Å². The van der Waals surface area contributed by atoms with Crippen LogP contribution in [0.15, 0.2) is 23.1 Å². The molecule has 1 unspecified atom stereocenters. The molecule has 0 aliphatic heterocycles. The summed E-state index contributed by atoms with van der Waals surface area (Å²) in [6.45, 7) is 0. The Morgan fingerprint density at radius 2 is 2.12 bits per heavy atom. The van der Waals surface area contributed by atoms with Gasteiger partial charge in [0.1, 0.15) is 5.69 Å². The van der Waals surface area contributed by atoms with E-state index < -0.39 is 5.82 Å². The number of aromatic nitrogens is 3. The summed E-state index contributed by atoms with van der Waals surface area (Å²) in [7, 11) is 0. The molecule has 0 spiro atoms. The molecule has 5 rings (SSSR count). The Morgan fingerprint density at radius 1 is 1.32 bits per heavy atom. The topological polar surface area (TPSA) is 79.9 Å². The molecule has 3 fully saturated rings. The Balaban J connectivity index is 1.48. The van der Waals surface area contributed by atoms with E-state index in [1.54, 1.807) is 18.3 Å². The van der Waals surface area contributed by atoms with Crippen LogP contribution in [0.2, 0.25) is 0 Å². The lowest BCUT2D eigenvalue weighted by Crippen LogP contribution is -2.37. The number of rotatable bonds is 4. The average Bonchev–Trinajstić information content (AvgIpc) is 3.17. The quantitative estimate of drug-likeness (QED) is 0.588. The van der Waals surface area contributed by atoms with Gasteiger partial charge in [0.25, 0.3) is 0 Å². The third-order valence-electron chi connectivity index (χ3n) is 5.28. The smallest absolute Gasteiger partial charge is 0.335 e. The van der Waals surface area contributed by atoms with Crippen LogP contribution >= 0.6 is 15.9 Å². The van der Waals surface area contributed by atoms with Crippen LogP contribution in [0.1, 0.15) is 32.1 Å². The van der Waals surface area contributed by atoms with Gasteiger partial charge in [-0.1, -0.05) is 12.8 Å². The molecule has 1 atom stereocenters. The number of anilines is 1. The van der Waals surface area contributed by atoms with Crippen molar-refractivity contribution in [2.75, 3.05) is 5.48 Å². The summed E-state index contributed by atoms with van der Waals surface area (Å²) in [5.74, 6) is -0.270. The molecular weight excluding hydrogens is 391 g/mol. The van der Waals surface area contributed by atoms with Crippen molar-refractivity contribution in [1.29, 1.82) is 0 Å². The molecule has 2 N–H and O–H groups in total. The molecule has 2 aromatic rings. The van der Waals surface area contributed by atoms with Crippen molar-refractivity contribution in [3.05, 3.63) is 28.9 Å². The molecule has 3 aliphatic carbocycles. The average molecular weight is 409 g/mol. The molecule has 0 aromatic carbocycles. The third kappa shape index (κ3) is 3.27. The zero-order chi connectivity index (χ0) is 17.4. The van der Waals surface area contributed by atoms with Crippen LogP contribution in [0.5, 0.6) is 0 Å². The van der Waals surface area contributed by atoms with E-state index in [1.165, 1.54) is 12.8 Å². The molecule has 8 heteroatoms. The summed E-state index contributed by atoms with van der Waals surface area (Å²) in [6, 6.07) is 3.45. The maximum absolute atomic E-state index is 14.6. The lowest BCUT2D eigenvalue weighted by atomic mass is 9.65. The SMILES string of the molecule is O=C(ONc1nc(Br)nc(-c2ccc[nH]2)c1F)C1CC2CCC1CC2. The fourth-order valence-corrected chi connectivity index (χ4v) is 4.34. The standard InChI is InChI=1S/C17H18BrFN4O2/c18-17-21-14(12-2-1-7-20-12)13(19)15(22-17)23-25-16(24)11-8-9-3-5-10(11)6-4-9/h1-2,7,9-11,20H,3-6,8H2,(H,21,22,23). The minimum Gasteiger partial charge on any atom is -0.360 e. The van der Waals surface area contributed by atoms with Crippen molar-refractivity contribution < 1.29 is 14.0 Å². The third-order valence-corrected chi connectivity index (χ3v) is 5.63. The lowest BCUT2D eigenvalue weighted by Gasteiger charge is -2.40. The first-order valence-corrected chi connectivity index (χ1v) is 9.24. The van der Waals surface area contributed by atoms with Gasteiger partial charge in [0.2, 0.25) is 5.82 Å². The van der Waals surface area contributed by atoms with Gasteiger partial charge in [0.15, 0.2) is 10.6 Å². The van der Waals surface area contributed by atoms with Crippen LogP contribution in [-0.4, -0.2) is 20.9 Å². The number of halogens is 2. The molecular formula is C17H18BrFN4O2. The number of H-pyrrole nitrogens is 1.